The Morgan fingerprint density at radius 1 is 1.23 bits per heavy atom. The summed E-state index contributed by atoms with van der Waals surface area (Å²) in [5.41, 5.74) is 1.00. The summed E-state index contributed by atoms with van der Waals surface area (Å²) < 4.78 is 36.5. The lowest BCUT2D eigenvalue weighted by Crippen LogP contribution is -2.04. The molecule has 0 saturated carbocycles. The zero-order chi connectivity index (χ0) is 9.47. The largest absolute Gasteiger partial charge is 0.417 e. The fourth-order valence-electron chi connectivity index (χ4n) is 0.912. The summed E-state index contributed by atoms with van der Waals surface area (Å²) in [7, 11) is 0. The molecular formula is C7H3F3N2S. The van der Waals surface area contributed by atoms with Crippen LogP contribution >= 0.6 is 11.3 Å². The highest BCUT2D eigenvalue weighted by Gasteiger charge is 2.31. The SMILES string of the molecule is FC(F)(F)c1cnc2scnc2c1. The monoisotopic (exact) mass is 204 g/mol. The van der Waals surface area contributed by atoms with Crippen molar-refractivity contribution in [3.8, 4) is 0 Å². The smallest absolute Gasteiger partial charge is 0.243 e. The van der Waals surface area contributed by atoms with Crippen molar-refractivity contribution < 1.29 is 13.2 Å². The topological polar surface area (TPSA) is 25.8 Å². The number of halogens is 3. The summed E-state index contributed by atoms with van der Waals surface area (Å²) in [6.07, 6.45) is -3.52. The van der Waals surface area contributed by atoms with Crippen LogP contribution in [-0.2, 0) is 6.18 Å². The van der Waals surface area contributed by atoms with Gasteiger partial charge in [0.05, 0.1) is 11.1 Å². The first-order valence-corrected chi connectivity index (χ1v) is 4.22. The van der Waals surface area contributed by atoms with Gasteiger partial charge in [0.15, 0.2) is 0 Å². The van der Waals surface area contributed by atoms with E-state index < -0.39 is 11.7 Å². The van der Waals surface area contributed by atoms with Crippen molar-refractivity contribution >= 4 is 21.7 Å². The van der Waals surface area contributed by atoms with Crippen LogP contribution in [-0.4, -0.2) is 9.97 Å². The molecule has 2 aromatic rings. The maximum Gasteiger partial charge on any atom is 0.417 e. The third-order valence-corrected chi connectivity index (χ3v) is 2.26. The Kier molecular flexibility index (Phi) is 1.73. The quantitative estimate of drug-likeness (QED) is 0.659. The number of hydrogen-bond donors (Lipinski definition) is 0. The van der Waals surface area contributed by atoms with E-state index in [9.17, 15) is 13.2 Å². The molecule has 0 aliphatic heterocycles. The van der Waals surface area contributed by atoms with Crippen molar-refractivity contribution in [2.45, 2.75) is 6.18 Å². The Hall–Kier alpha value is -1.17. The summed E-state index contributed by atoms with van der Waals surface area (Å²) in [4.78, 5) is 7.91. The van der Waals surface area contributed by atoms with E-state index in [1.54, 1.807) is 0 Å². The maximum absolute atomic E-state index is 12.2. The standard InChI is InChI=1S/C7H3F3N2S/c8-7(9,10)4-1-5-6(11-2-4)13-3-12-5/h1-3H. The molecule has 0 amide bonds. The van der Waals surface area contributed by atoms with Gasteiger partial charge in [-0.25, -0.2) is 9.97 Å². The van der Waals surface area contributed by atoms with Gasteiger partial charge < -0.3 is 0 Å². The number of pyridine rings is 1. The van der Waals surface area contributed by atoms with Crippen molar-refractivity contribution in [1.29, 1.82) is 0 Å². The predicted octanol–water partition coefficient (Wildman–Crippen LogP) is 2.71. The average molecular weight is 204 g/mol. The summed E-state index contributed by atoms with van der Waals surface area (Å²) in [5, 5.41) is 0. The highest BCUT2D eigenvalue weighted by atomic mass is 32.1. The number of thiazole rings is 1. The Labute approximate surface area is 75.1 Å². The fourth-order valence-corrected chi connectivity index (χ4v) is 1.52. The van der Waals surface area contributed by atoms with E-state index >= 15 is 0 Å². The van der Waals surface area contributed by atoms with E-state index in [-0.39, 0.29) is 0 Å². The number of fused-ring (bicyclic) bond motifs is 1. The van der Waals surface area contributed by atoms with Crippen LogP contribution in [0.2, 0.25) is 0 Å². The fraction of sp³-hybridized carbons (Fsp3) is 0.143. The summed E-state index contributed by atoms with van der Waals surface area (Å²) in [6, 6.07) is 0.999. The normalized spacial score (nSPS) is 12.2. The minimum absolute atomic E-state index is 0.292. The molecule has 0 radical (unpaired) electrons. The Morgan fingerprint density at radius 2 is 2.00 bits per heavy atom. The molecule has 0 spiro atoms. The predicted molar refractivity (Wildman–Crippen MR) is 42.4 cm³/mol. The van der Waals surface area contributed by atoms with Gasteiger partial charge in [-0.3, -0.25) is 0 Å². The van der Waals surface area contributed by atoms with Gasteiger partial charge >= 0.3 is 6.18 Å². The number of alkyl halides is 3. The van der Waals surface area contributed by atoms with Gasteiger partial charge in [-0.05, 0) is 6.07 Å². The molecule has 2 heterocycles. The summed E-state index contributed by atoms with van der Waals surface area (Å²) in [6.45, 7) is 0. The van der Waals surface area contributed by atoms with Gasteiger partial charge in [0.25, 0.3) is 0 Å². The van der Waals surface area contributed by atoms with Crippen molar-refractivity contribution in [2.75, 3.05) is 0 Å². The van der Waals surface area contributed by atoms with E-state index in [2.05, 4.69) is 9.97 Å². The van der Waals surface area contributed by atoms with E-state index in [1.165, 1.54) is 16.8 Å². The Balaban J connectivity index is 2.61. The molecule has 0 aliphatic carbocycles. The molecule has 6 heteroatoms. The minimum Gasteiger partial charge on any atom is -0.243 e. The second kappa shape index (κ2) is 2.66. The molecule has 2 nitrogen and oxygen atoms in total. The second-order valence-electron chi connectivity index (χ2n) is 2.40. The molecule has 2 aromatic heterocycles. The lowest BCUT2D eigenvalue weighted by molar-refractivity contribution is -0.137. The van der Waals surface area contributed by atoms with E-state index in [0.29, 0.717) is 10.3 Å². The van der Waals surface area contributed by atoms with Crippen molar-refractivity contribution in [3.63, 3.8) is 0 Å². The first kappa shape index (κ1) is 8.43. The Bertz CT molecular complexity index is 434. The zero-order valence-corrected chi connectivity index (χ0v) is 6.99. The van der Waals surface area contributed by atoms with Gasteiger partial charge in [0.2, 0.25) is 0 Å². The number of aromatic nitrogens is 2. The molecule has 0 bridgehead atoms. The lowest BCUT2D eigenvalue weighted by atomic mass is 10.3. The van der Waals surface area contributed by atoms with Gasteiger partial charge in [0, 0.05) is 6.20 Å². The molecule has 0 unspecified atom stereocenters. The minimum atomic E-state index is -4.34. The average Bonchev–Trinajstić information content (AvgIpc) is 2.47. The molecule has 2 rings (SSSR count). The second-order valence-corrected chi connectivity index (χ2v) is 3.23. The van der Waals surface area contributed by atoms with Crippen LogP contribution in [0.1, 0.15) is 5.56 Å². The zero-order valence-electron chi connectivity index (χ0n) is 6.17. The van der Waals surface area contributed by atoms with E-state index in [0.717, 1.165) is 12.3 Å². The highest BCUT2D eigenvalue weighted by Crippen LogP contribution is 2.30. The van der Waals surface area contributed by atoms with Gasteiger partial charge in [0.1, 0.15) is 10.3 Å². The molecule has 0 fully saturated rings. The Morgan fingerprint density at radius 3 is 2.69 bits per heavy atom. The molecule has 0 aliphatic rings. The molecule has 68 valence electrons. The first-order valence-electron chi connectivity index (χ1n) is 3.34. The van der Waals surface area contributed by atoms with Crippen LogP contribution in [0, 0.1) is 0 Å². The summed E-state index contributed by atoms with van der Waals surface area (Å²) >= 11 is 1.22. The number of hydrogen-bond acceptors (Lipinski definition) is 3. The third kappa shape index (κ3) is 1.49. The number of rotatable bonds is 0. The first-order chi connectivity index (χ1) is 6.07. The maximum atomic E-state index is 12.2. The van der Waals surface area contributed by atoms with Crippen molar-refractivity contribution in [3.05, 3.63) is 23.3 Å². The van der Waals surface area contributed by atoms with Crippen LogP contribution in [0.3, 0.4) is 0 Å². The van der Waals surface area contributed by atoms with Gasteiger partial charge in [-0.2, -0.15) is 13.2 Å². The highest BCUT2D eigenvalue weighted by molar-refractivity contribution is 7.16. The molecule has 0 N–H and O–H groups in total. The number of nitrogens with zero attached hydrogens (tertiary/aromatic N) is 2. The van der Waals surface area contributed by atoms with Gasteiger partial charge in [-0.15, -0.1) is 11.3 Å². The molecular weight excluding hydrogens is 201 g/mol. The molecule has 0 saturated heterocycles. The lowest BCUT2D eigenvalue weighted by Gasteiger charge is -2.04. The van der Waals surface area contributed by atoms with Crippen LogP contribution < -0.4 is 0 Å². The third-order valence-electron chi connectivity index (χ3n) is 1.52. The van der Waals surface area contributed by atoms with Crippen LogP contribution in [0.25, 0.3) is 10.3 Å². The summed E-state index contributed by atoms with van der Waals surface area (Å²) in [5.74, 6) is 0. The van der Waals surface area contributed by atoms with E-state index in [1.807, 2.05) is 0 Å². The van der Waals surface area contributed by atoms with Crippen molar-refractivity contribution in [1.82, 2.24) is 9.97 Å². The molecule has 0 aromatic carbocycles. The molecule has 0 atom stereocenters. The van der Waals surface area contributed by atoms with Crippen LogP contribution in [0.15, 0.2) is 17.8 Å². The van der Waals surface area contributed by atoms with Crippen molar-refractivity contribution in [2.24, 2.45) is 0 Å². The van der Waals surface area contributed by atoms with Crippen LogP contribution in [0.4, 0.5) is 13.2 Å². The van der Waals surface area contributed by atoms with Gasteiger partial charge in [-0.1, -0.05) is 0 Å². The molecule has 13 heavy (non-hydrogen) atoms. The van der Waals surface area contributed by atoms with E-state index in [4.69, 9.17) is 0 Å². The van der Waals surface area contributed by atoms with Crippen LogP contribution in [0.5, 0.6) is 0 Å².